The van der Waals surface area contributed by atoms with Crippen LogP contribution in [0.3, 0.4) is 0 Å². The molecule has 4 nitrogen and oxygen atoms in total. The number of halogens is 1. The molecule has 1 aliphatic heterocycles. The van der Waals surface area contributed by atoms with Crippen LogP contribution < -0.4 is 5.32 Å². The zero-order valence-corrected chi connectivity index (χ0v) is 12.1. The van der Waals surface area contributed by atoms with Gasteiger partial charge >= 0.3 is 0 Å². The molecule has 2 aliphatic rings. The number of carbonyl (C=O) groups excluding carboxylic acids is 1. The van der Waals surface area contributed by atoms with Crippen LogP contribution in [0.5, 0.6) is 0 Å². The van der Waals surface area contributed by atoms with Crippen molar-refractivity contribution in [3.63, 3.8) is 0 Å². The van der Waals surface area contributed by atoms with E-state index in [2.05, 4.69) is 10.5 Å². The van der Waals surface area contributed by atoms with Gasteiger partial charge in [0.1, 0.15) is 5.82 Å². The van der Waals surface area contributed by atoms with Crippen molar-refractivity contribution in [2.24, 2.45) is 5.16 Å². The van der Waals surface area contributed by atoms with Crippen LogP contribution in [0.25, 0.3) is 0 Å². The van der Waals surface area contributed by atoms with Gasteiger partial charge in [-0.15, -0.1) is 0 Å². The summed E-state index contributed by atoms with van der Waals surface area (Å²) >= 11 is 0. The third kappa shape index (κ3) is 2.77. The normalized spacial score (nSPS) is 25.5. The van der Waals surface area contributed by atoms with Gasteiger partial charge in [0, 0.05) is 18.0 Å². The van der Waals surface area contributed by atoms with E-state index in [1.807, 2.05) is 0 Å². The minimum atomic E-state index is -1.04. The Hall–Kier alpha value is -1.91. The Labute approximate surface area is 123 Å². The summed E-state index contributed by atoms with van der Waals surface area (Å²) < 4.78 is 13.8. The standard InChI is InChI=1S/C16H19FN2O2/c1-16(15(20)18-11-6-2-3-7-11)10-14(19-21-16)12-8-4-5-9-13(12)17/h4-5,8-9,11H,2-3,6-7,10H2,1H3,(H,18,20). The van der Waals surface area contributed by atoms with Crippen molar-refractivity contribution < 1.29 is 14.0 Å². The average Bonchev–Trinajstić information content (AvgIpc) is 3.10. The number of hydrogen-bond donors (Lipinski definition) is 1. The summed E-state index contributed by atoms with van der Waals surface area (Å²) in [7, 11) is 0. The molecule has 1 saturated carbocycles. The quantitative estimate of drug-likeness (QED) is 0.930. The lowest BCUT2D eigenvalue weighted by Crippen LogP contribution is -2.48. The second kappa shape index (κ2) is 5.47. The fourth-order valence-electron chi connectivity index (χ4n) is 2.91. The van der Waals surface area contributed by atoms with Crippen LogP contribution in [0.4, 0.5) is 4.39 Å². The largest absolute Gasteiger partial charge is 0.379 e. The van der Waals surface area contributed by atoms with Gasteiger partial charge in [-0.25, -0.2) is 4.39 Å². The first-order valence-corrected chi connectivity index (χ1v) is 7.39. The van der Waals surface area contributed by atoms with E-state index in [0.717, 1.165) is 25.7 Å². The van der Waals surface area contributed by atoms with Crippen LogP contribution in [0.15, 0.2) is 29.4 Å². The molecular weight excluding hydrogens is 271 g/mol. The summed E-state index contributed by atoms with van der Waals surface area (Å²) in [4.78, 5) is 17.7. The maximum absolute atomic E-state index is 13.8. The molecule has 0 saturated heterocycles. The minimum Gasteiger partial charge on any atom is -0.379 e. The van der Waals surface area contributed by atoms with Crippen molar-refractivity contribution in [1.29, 1.82) is 0 Å². The molecular formula is C16H19FN2O2. The topological polar surface area (TPSA) is 50.7 Å². The van der Waals surface area contributed by atoms with Crippen molar-refractivity contribution in [3.8, 4) is 0 Å². The summed E-state index contributed by atoms with van der Waals surface area (Å²) in [5, 5.41) is 6.95. The molecule has 1 N–H and O–H groups in total. The molecule has 21 heavy (non-hydrogen) atoms. The highest BCUT2D eigenvalue weighted by atomic mass is 19.1. The van der Waals surface area contributed by atoms with E-state index in [1.165, 1.54) is 6.07 Å². The first-order valence-electron chi connectivity index (χ1n) is 7.39. The predicted octanol–water partition coefficient (Wildman–Crippen LogP) is 2.77. The number of nitrogens with zero attached hydrogens (tertiary/aromatic N) is 1. The zero-order valence-electron chi connectivity index (χ0n) is 12.1. The van der Waals surface area contributed by atoms with Gasteiger partial charge in [0.05, 0.1) is 5.71 Å². The molecule has 1 amide bonds. The van der Waals surface area contributed by atoms with Crippen molar-refractivity contribution in [1.82, 2.24) is 5.32 Å². The molecule has 0 radical (unpaired) electrons. The minimum absolute atomic E-state index is 0.163. The molecule has 0 aromatic heterocycles. The molecule has 1 unspecified atom stereocenters. The summed E-state index contributed by atoms with van der Waals surface area (Å²) in [5.74, 6) is -0.509. The average molecular weight is 290 g/mol. The molecule has 0 bridgehead atoms. The number of rotatable bonds is 3. The van der Waals surface area contributed by atoms with Gasteiger partial charge < -0.3 is 10.2 Å². The fourth-order valence-corrected chi connectivity index (χ4v) is 2.91. The first-order chi connectivity index (χ1) is 10.1. The van der Waals surface area contributed by atoms with Crippen LogP contribution in [-0.2, 0) is 9.63 Å². The lowest BCUT2D eigenvalue weighted by molar-refractivity contribution is -0.142. The third-order valence-electron chi connectivity index (χ3n) is 4.22. The highest BCUT2D eigenvalue weighted by Crippen LogP contribution is 2.28. The van der Waals surface area contributed by atoms with E-state index < -0.39 is 5.60 Å². The van der Waals surface area contributed by atoms with Crippen LogP contribution in [0, 0.1) is 5.82 Å². The molecule has 112 valence electrons. The summed E-state index contributed by atoms with van der Waals surface area (Å²) in [6, 6.07) is 6.64. The second-order valence-corrected chi connectivity index (χ2v) is 5.97. The van der Waals surface area contributed by atoms with Gasteiger partial charge in [0.2, 0.25) is 5.60 Å². The fraction of sp³-hybridized carbons (Fsp3) is 0.500. The highest BCUT2D eigenvalue weighted by Gasteiger charge is 2.43. The molecule has 1 heterocycles. The summed E-state index contributed by atoms with van der Waals surface area (Å²) in [5.41, 5.74) is -0.160. The number of benzene rings is 1. The Morgan fingerprint density at radius 2 is 2.10 bits per heavy atom. The Balaban J connectivity index is 1.69. The van der Waals surface area contributed by atoms with E-state index in [-0.39, 0.29) is 24.2 Å². The van der Waals surface area contributed by atoms with Crippen LogP contribution in [0.2, 0.25) is 0 Å². The van der Waals surface area contributed by atoms with E-state index in [9.17, 15) is 9.18 Å². The molecule has 1 aliphatic carbocycles. The highest BCUT2D eigenvalue weighted by molar-refractivity contribution is 6.05. The van der Waals surface area contributed by atoms with Gasteiger partial charge in [0.25, 0.3) is 5.91 Å². The number of oxime groups is 1. The Morgan fingerprint density at radius 3 is 2.81 bits per heavy atom. The van der Waals surface area contributed by atoms with E-state index in [1.54, 1.807) is 25.1 Å². The first kappa shape index (κ1) is 14.0. The van der Waals surface area contributed by atoms with Gasteiger partial charge in [0.15, 0.2) is 0 Å². The van der Waals surface area contributed by atoms with Gasteiger partial charge in [-0.1, -0.05) is 36.2 Å². The molecule has 1 atom stereocenters. The SMILES string of the molecule is CC1(C(=O)NC2CCCC2)CC(c2ccccc2F)=NO1. The van der Waals surface area contributed by atoms with Crippen LogP contribution in [0.1, 0.15) is 44.6 Å². The maximum Gasteiger partial charge on any atom is 0.267 e. The lowest BCUT2D eigenvalue weighted by Gasteiger charge is -2.23. The van der Waals surface area contributed by atoms with Gasteiger partial charge in [-0.05, 0) is 25.8 Å². The Morgan fingerprint density at radius 1 is 1.38 bits per heavy atom. The molecule has 0 spiro atoms. The maximum atomic E-state index is 13.8. The molecule has 1 aromatic carbocycles. The summed E-state index contributed by atoms with van der Waals surface area (Å²) in [6.07, 6.45) is 4.62. The van der Waals surface area contributed by atoms with Crippen molar-refractivity contribution >= 4 is 11.6 Å². The van der Waals surface area contributed by atoms with Crippen molar-refractivity contribution in [3.05, 3.63) is 35.6 Å². The predicted molar refractivity (Wildman–Crippen MR) is 77.4 cm³/mol. The van der Waals surface area contributed by atoms with Crippen LogP contribution in [-0.4, -0.2) is 23.3 Å². The van der Waals surface area contributed by atoms with Crippen molar-refractivity contribution in [2.45, 2.75) is 50.7 Å². The number of hydrogen-bond acceptors (Lipinski definition) is 3. The van der Waals surface area contributed by atoms with E-state index >= 15 is 0 Å². The zero-order chi connectivity index (χ0) is 14.9. The Bertz CT molecular complexity index is 581. The molecule has 1 aromatic rings. The van der Waals surface area contributed by atoms with Crippen molar-refractivity contribution in [2.75, 3.05) is 0 Å². The third-order valence-corrected chi connectivity index (χ3v) is 4.22. The Kier molecular flexibility index (Phi) is 3.66. The molecule has 1 fully saturated rings. The van der Waals surface area contributed by atoms with E-state index in [0.29, 0.717) is 11.3 Å². The van der Waals surface area contributed by atoms with E-state index in [4.69, 9.17) is 4.84 Å². The second-order valence-electron chi connectivity index (χ2n) is 5.97. The smallest absolute Gasteiger partial charge is 0.267 e. The molecule has 3 rings (SSSR count). The number of amides is 1. The van der Waals surface area contributed by atoms with Gasteiger partial charge in [-0.3, -0.25) is 4.79 Å². The molecule has 5 heteroatoms. The number of nitrogens with one attached hydrogen (secondary N) is 1. The van der Waals surface area contributed by atoms with Gasteiger partial charge in [-0.2, -0.15) is 0 Å². The number of carbonyl (C=O) groups is 1. The van der Waals surface area contributed by atoms with Crippen LogP contribution >= 0.6 is 0 Å². The lowest BCUT2D eigenvalue weighted by atomic mass is 9.94. The summed E-state index contributed by atoms with van der Waals surface area (Å²) in [6.45, 7) is 1.70. The monoisotopic (exact) mass is 290 g/mol.